The van der Waals surface area contributed by atoms with Gasteiger partial charge in [0.15, 0.2) is 0 Å². The largest absolute Gasteiger partial charge is 0.338 e. The van der Waals surface area contributed by atoms with E-state index in [1.807, 2.05) is 29.2 Å². The molecule has 0 aromatic heterocycles. The van der Waals surface area contributed by atoms with Crippen LogP contribution in [-0.2, 0) is 6.42 Å². The first-order valence-corrected chi connectivity index (χ1v) is 6.62. The fourth-order valence-electron chi connectivity index (χ4n) is 1.98. The summed E-state index contributed by atoms with van der Waals surface area (Å²) in [6.45, 7) is 3.91. The summed E-state index contributed by atoms with van der Waals surface area (Å²) >= 11 is 6.06. The summed E-state index contributed by atoms with van der Waals surface area (Å²) < 4.78 is 0. The second kappa shape index (κ2) is 6.61. The monoisotopic (exact) mass is 267 g/mol. The molecule has 2 N–H and O–H groups in total. The predicted molar refractivity (Wildman–Crippen MR) is 73.0 cm³/mol. The molecule has 1 heterocycles. The van der Waals surface area contributed by atoms with Crippen LogP contribution < -0.4 is 10.6 Å². The summed E-state index contributed by atoms with van der Waals surface area (Å²) in [5.41, 5.74) is 1.07. The standard InChI is InChI=1S/C13H18ClN3O/c14-12-4-2-1-3-11(12)5-6-16-13(18)17-9-7-15-8-10-17/h1-4,15H,5-10H2,(H,16,18). The lowest BCUT2D eigenvalue weighted by atomic mass is 10.1. The molecule has 98 valence electrons. The maximum atomic E-state index is 11.8. The van der Waals surface area contributed by atoms with Crippen molar-refractivity contribution in [3.63, 3.8) is 0 Å². The maximum absolute atomic E-state index is 11.8. The number of carbonyl (C=O) groups excluding carboxylic acids is 1. The Morgan fingerprint density at radius 3 is 2.78 bits per heavy atom. The van der Waals surface area contributed by atoms with E-state index < -0.39 is 0 Å². The number of hydrogen-bond donors (Lipinski definition) is 2. The van der Waals surface area contributed by atoms with E-state index in [0.717, 1.165) is 43.2 Å². The summed E-state index contributed by atoms with van der Waals surface area (Å²) in [4.78, 5) is 13.7. The summed E-state index contributed by atoms with van der Waals surface area (Å²) in [7, 11) is 0. The number of carbonyl (C=O) groups is 1. The summed E-state index contributed by atoms with van der Waals surface area (Å²) in [5, 5.41) is 6.91. The average molecular weight is 268 g/mol. The lowest BCUT2D eigenvalue weighted by Gasteiger charge is -2.27. The number of amides is 2. The molecule has 1 fully saturated rings. The van der Waals surface area contributed by atoms with Crippen molar-refractivity contribution in [2.24, 2.45) is 0 Å². The topological polar surface area (TPSA) is 44.4 Å². The smallest absolute Gasteiger partial charge is 0.317 e. The van der Waals surface area contributed by atoms with Crippen LogP contribution in [0.4, 0.5) is 4.79 Å². The Hall–Kier alpha value is -1.26. The Morgan fingerprint density at radius 2 is 2.06 bits per heavy atom. The normalized spacial score (nSPS) is 15.5. The highest BCUT2D eigenvalue weighted by molar-refractivity contribution is 6.31. The van der Waals surface area contributed by atoms with E-state index in [-0.39, 0.29) is 6.03 Å². The fraction of sp³-hybridized carbons (Fsp3) is 0.462. The average Bonchev–Trinajstić information content (AvgIpc) is 2.42. The van der Waals surface area contributed by atoms with Gasteiger partial charge in [-0.2, -0.15) is 0 Å². The fourth-order valence-corrected chi connectivity index (χ4v) is 2.22. The van der Waals surface area contributed by atoms with Gasteiger partial charge in [-0.1, -0.05) is 29.8 Å². The highest BCUT2D eigenvalue weighted by Gasteiger charge is 2.15. The minimum atomic E-state index is 0.0172. The zero-order chi connectivity index (χ0) is 12.8. The molecule has 1 aromatic carbocycles. The van der Waals surface area contributed by atoms with Gasteiger partial charge < -0.3 is 15.5 Å². The molecule has 2 amide bonds. The van der Waals surface area contributed by atoms with Crippen molar-refractivity contribution in [1.82, 2.24) is 15.5 Å². The molecule has 0 unspecified atom stereocenters. The Morgan fingerprint density at radius 1 is 1.33 bits per heavy atom. The first-order valence-electron chi connectivity index (χ1n) is 6.24. The van der Waals surface area contributed by atoms with Crippen molar-refractivity contribution in [3.05, 3.63) is 34.9 Å². The van der Waals surface area contributed by atoms with Crippen LogP contribution in [0.1, 0.15) is 5.56 Å². The number of nitrogens with one attached hydrogen (secondary N) is 2. The second-order valence-electron chi connectivity index (χ2n) is 4.31. The molecular formula is C13H18ClN3O. The minimum Gasteiger partial charge on any atom is -0.338 e. The number of piperazine rings is 1. The molecule has 0 bridgehead atoms. The van der Waals surface area contributed by atoms with Crippen LogP contribution in [0.25, 0.3) is 0 Å². The van der Waals surface area contributed by atoms with Crippen LogP contribution in [0.15, 0.2) is 24.3 Å². The van der Waals surface area contributed by atoms with Crippen molar-refractivity contribution in [1.29, 1.82) is 0 Å². The third-order valence-corrected chi connectivity index (χ3v) is 3.40. The molecule has 0 saturated carbocycles. The predicted octanol–water partition coefficient (Wildman–Crippen LogP) is 1.50. The van der Waals surface area contributed by atoms with Gasteiger partial charge in [-0.3, -0.25) is 0 Å². The van der Waals surface area contributed by atoms with Gasteiger partial charge in [0.2, 0.25) is 0 Å². The van der Waals surface area contributed by atoms with Gasteiger partial charge >= 0.3 is 6.03 Å². The number of halogens is 1. The number of benzene rings is 1. The number of urea groups is 1. The highest BCUT2D eigenvalue weighted by atomic mass is 35.5. The van der Waals surface area contributed by atoms with E-state index in [4.69, 9.17) is 11.6 Å². The van der Waals surface area contributed by atoms with Crippen molar-refractivity contribution >= 4 is 17.6 Å². The van der Waals surface area contributed by atoms with Gasteiger partial charge in [-0.05, 0) is 18.1 Å². The highest BCUT2D eigenvalue weighted by Crippen LogP contribution is 2.14. The van der Waals surface area contributed by atoms with E-state index >= 15 is 0 Å². The molecule has 0 radical (unpaired) electrons. The minimum absolute atomic E-state index is 0.0172. The SMILES string of the molecule is O=C(NCCc1ccccc1Cl)N1CCNCC1. The Labute approximate surface area is 112 Å². The van der Waals surface area contributed by atoms with Gasteiger partial charge in [0.25, 0.3) is 0 Å². The van der Waals surface area contributed by atoms with Gasteiger partial charge in [0, 0.05) is 37.7 Å². The summed E-state index contributed by atoms with van der Waals surface area (Å²) in [6.07, 6.45) is 0.761. The first-order chi connectivity index (χ1) is 8.77. The van der Waals surface area contributed by atoms with Crippen molar-refractivity contribution < 1.29 is 4.79 Å². The molecule has 0 aliphatic carbocycles. The van der Waals surface area contributed by atoms with E-state index in [1.54, 1.807) is 0 Å². The Balaban J connectivity index is 1.75. The molecule has 5 heteroatoms. The van der Waals surface area contributed by atoms with Crippen LogP contribution in [0, 0.1) is 0 Å². The van der Waals surface area contributed by atoms with Crippen LogP contribution >= 0.6 is 11.6 Å². The van der Waals surface area contributed by atoms with E-state index in [1.165, 1.54) is 0 Å². The molecule has 1 aliphatic heterocycles. The lowest BCUT2D eigenvalue weighted by Crippen LogP contribution is -2.50. The van der Waals surface area contributed by atoms with Crippen molar-refractivity contribution in [2.75, 3.05) is 32.7 Å². The first kappa shape index (κ1) is 13.2. The molecule has 1 aliphatic rings. The van der Waals surface area contributed by atoms with Gasteiger partial charge in [-0.15, -0.1) is 0 Å². The summed E-state index contributed by atoms with van der Waals surface area (Å²) in [5.74, 6) is 0. The third kappa shape index (κ3) is 3.62. The van der Waals surface area contributed by atoms with Crippen LogP contribution in [-0.4, -0.2) is 43.7 Å². The van der Waals surface area contributed by atoms with Gasteiger partial charge in [0.05, 0.1) is 0 Å². The van der Waals surface area contributed by atoms with Crippen LogP contribution in [0.5, 0.6) is 0 Å². The molecule has 4 nitrogen and oxygen atoms in total. The Kier molecular flexibility index (Phi) is 4.84. The maximum Gasteiger partial charge on any atom is 0.317 e. The van der Waals surface area contributed by atoms with Crippen molar-refractivity contribution in [2.45, 2.75) is 6.42 Å². The van der Waals surface area contributed by atoms with Crippen LogP contribution in [0.2, 0.25) is 5.02 Å². The van der Waals surface area contributed by atoms with Gasteiger partial charge in [-0.25, -0.2) is 4.79 Å². The quantitative estimate of drug-likeness (QED) is 0.872. The zero-order valence-corrected chi connectivity index (χ0v) is 11.0. The second-order valence-corrected chi connectivity index (χ2v) is 4.72. The Bertz CT molecular complexity index is 405. The molecular weight excluding hydrogens is 250 g/mol. The molecule has 0 spiro atoms. The van der Waals surface area contributed by atoms with E-state index in [9.17, 15) is 4.79 Å². The molecule has 1 saturated heterocycles. The number of nitrogens with zero attached hydrogens (tertiary/aromatic N) is 1. The molecule has 1 aromatic rings. The van der Waals surface area contributed by atoms with Crippen LogP contribution in [0.3, 0.4) is 0 Å². The van der Waals surface area contributed by atoms with Crippen molar-refractivity contribution in [3.8, 4) is 0 Å². The molecule has 18 heavy (non-hydrogen) atoms. The van der Waals surface area contributed by atoms with E-state index in [0.29, 0.717) is 6.54 Å². The number of rotatable bonds is 3. The molecule has 2 rings (SSSR count). The van der Waals surface area contributed by atoms with Gasteiger partial charge in [0.1, 0.15) is 0 Å². The lowest BCUT2D eigenvalue weighted by molar-refractivity contribution is 0.190. The number of hydrogen-bond acceptors (Lipinski definition) is 2. The summed E-state index contributed by atoms with van der Waals surface area (Å²) in [6, 6.07) is 7.74. The zero-order valence-electron chi connectivity index (χ0n) is 10.3. The van der Waals surface area contributed by atoms with E-state index in [2.05, 4.69) is 10.6 Å². The third-order valence-electron chi connectivity index (χ3n) is 3.03. The molecule has 0 atom stereocenters.